The number of fused-ring (bicyclic) bond motifs is 1. The number of rotatable bonds is 2. The Morgan fingerprint density at radius 3 is 2.60 bits per heavy atom. The number of ketones is 1. The molecule has 0 N–H and O–H groups in total. The van der Waals surface area contributed by atoms with Crippen molar-refractivity contribution in [3.63, 3.8) is 0 Å². The van der Waals surface area contributed by atoms with Crippen LogP contribution in [-0.2, 0) is 4.79 Å². The highest BCUT2D eigenvalue weighted by molar-refractivity contribution is 8.16. The van der Waals surface area contributed by atoms with Gasteiger partial charge in [0.25, 0.3) is 0 Å². The van der Waals surface area contributed by atoms with Crippen molar-refractivity contribution in [1.29, 1.82) is 0 Å². The lowest BCUT2D eigenvalue weighted by molar-refractivity contribution is -0.114. The van der Waals surface area contributed by atoms with E-state index in [0.29, 0.717) is 0 Å². The van der Waals surface area contributed by atoms with E-state index in [-0.39, 0.29) is 11.8 Å². The number of carbonyl (C=O) groups excluding carboxylic acids is 1. The SMILES string of the molecule is CC(=O)C1=C(C)N=C2SC=C(C)N2C1c1ccccc1. The fourth-order valence-electron chi connectivity index (χ4n) is 2.73. The predicted octanol–water partition coefficient (Wildman–Crippen LogP) is 3.87. The van der Waals surface area contributed by atoms with Crippen molar-refractivity contribution < 1.29 is 4.79 Å². The van der Waals surface area contributed by atoms with E-state index in [1.807, 2.05) is 25.1 Å². The van der Waals surface area contributed by atoms with Gasteiger partial charge in [-0.2, -0.15) is 0 Å². The van der Waals surface area contributed by atoms with Crippen molar-refractivity contribution in [2.75, 3.05) is 0 Å². The quantitative estimate of drug-likeness (QED) is 0.826. The first-order chi connectivity index (χ1) is 9.59. The summed E-state index contributed by atoms with van der Waals surface area (Å²) in [5.41, 5.74) is 3.87. The normalized spacial score (nSPS) is 21.6. The molecule has 3 rings (SSSR count). The highest BCUT2D eigenvalue weighted by atomic mass is 32.2. The summed E-state index contributed by atoms with van der Waals surface area (Å²) < 4.78 is 0. The molecule has 1 atom stereocenters. The van der Waals surface area contributed by atoms with E-state index >= 15 is 0 Å². The maximum Gasteiger partial charge on any atom is 0.173 e. The Balaban J connectivity index is 2.18. The van der Waals surface area contributed by atoms with Crippen LogP contribution in [-0.4, -0.2) is 15.9 Å². The van der Waals surface area contributed by atoms with E-state index in [1.54, 1.807) is 18.7 Å². The molecule has 2 aliphatic heterocycles. The van der Waals surface area contributed by atoms with Crippen molar-refractivity contribution in [3.8, 4) is 0 Å². The number of Topliss-reactive ketones (excluding diaryl/α,β-unsaturated/α-hetero) is 1. The lowest BCUT2D eigenvalue weighted by atomic mass is 9.92. The largest absolute Gasteiger partial charge is 0.312 e. The Morgan fingerprint density at radius 2 is 1.95 bits per heavy atom. The van der Waals surface area contributed by atoms with Crippen LogP contribution in [0.4, 0.5) is 0 Å². The van der Waals surface area contributed by atoms with Crippen LogP contribution in [0.5, 0.6) is 0 Å². The average molecular weight is 284 g/mol. The minimum Gasteiger partial charge on any atom is -0.312 e. The molecule has 20 heavy (non-hydrogen) atoms. The first-order valence-electron chi connectivity index (χ1n) is 6.57. The Hall–Kier alpha value is -1.81. The van der Waals surface area contributed by atoms with Crippen molar-refractivity contribution >= 4 is 22.7 Å². The predicted molar refractivity (Wildman–Crippen MR) is 83.2 cm³/mol. The van der Waals surface area contributed by atoms with Crippen LogP contribution in [0.25, 0.3) is 0 Å². The summed E-state index contributed by atoms with van der Waals surface area (Å²) in [5, 5.41) is 3.05. The number of carbonyl (C=O) groups is 1. The Morgan fingerprint density at radius 1 is 1.25 bits per heavy atom. The molecule has 0 aliphatic carbocycles. The van der Waals surface area contributed by atoms with Crippen molar-refractivity contribution in [2.24, 2.45) is 4.99 Å². The van der Waals surface area contributed by atoms with Crippen LogP contribution >= 0.6 is 11.8 Å². The summed E-state index contributed by atoms with van der Waals surface area (Å²) in [6, 6.07) is 10.1. The molecule has 0 bridgehead atoms. The van der Waals surface area contributed by atoms with E-state index in [2.05, 4.69) is 34.4 Å². The zero-order valence-electron chi connectivity index (χ0n) is 11.8. The fourth-order valence-corrected chi connectivity index (χ4v) is 3.67. The second-order valence-corrected chi connectivity index (χ2v) is 5.85. The zero-order valence-corrected chi connectivity index (χ0v) is 12.6. The fraction of sp³-hybridized carbons (Fsp3) is 0.250. The third kappa shape index (κ3) is 2.00. The molecule has 102 valence electrons. The molecule has 1 aromatic rings. The monoisotopic (exact) mass is 284 g/mol. The second-order valence-electron chi connectivity index (χ2n) is 5.01. The number of aliphatic imine (C=N–C) groups is 1. The Kier molecular flexibility index (Phi) is 3.26. The van der Waals surface area contributed by atoms with E-state index in [9.17, 15) is 4.79 Å². The lowest BCUT2D eigenvalue weighted by Gasteiger charge is -2.35. The van der Waals surface area contributed by atoms with Crippen molar-refractivity contribution in [2.45, 2.75) is 26.8 Å². The number of thioether (sulfide) groups is 1. The molecule has 1 unspecified atom stereocenters. The molecule has 2 heterocycles. The third-order valence-electron chi connectivity index (χ3n) is 3.60. The average Bonchev–Trinajstić information content (AvgIpc) is 2.79. The first-order valence-corrected chi connectivity index (χ1v) is 7.45. The van der Waals surface area contributed by atoms with E-state index in [1.165, 1.54) is 0 Å². The van der Waals surface area contributed by atoms with E-state index in [4.69, 9.17) is 0 Å². The summed E-state index contributed by atoms with van der Waals surface area (Å²) in [6.45, 7) is 5.60. The second kappa shape index (κ2) is 4.94. The summed E-state index contributed by atoms with van der Waals surface area (Å²) >= 11 is 1.62. The van der Waals surface area contributed by atoms with Gasteiger partial charge >= 0.3 is 0 Å². The van der Waals surface area contributed by atoms with Gasteiger partial charge in [0.1, 0.15) is 0 Å². The van der Waals surface area contributed by atoms with Gasteiger partial charge in [0.05, 0.1) is 6.04 Å². The number of hydrogen-bond donors (Lipinski definition) is 0. The van der Waals surface area contributed by atoms with Crippen LogP contribution in [0, 0.1) is 0 Å². The van der Waals surface area contributed by atoms with Gasteiger partial charge in [0, 0.05) is 17.0 Å². The molecule has 2 aliphatic rings. The topological polar surface area (TPSA) is 32.7 Å². The van der Waals surface area contributed by atoms with Crippen LogP contribution in [0.3, 0.4) is 0 Å². The Labute approximate surface area is 123 Å². The van der Waals surface area contributed by atoms with Gasteiger partial charge in [0.15, 0.2) is 11.0 Å². The van der Waals surface area contributed by atoms with Gasteiger partial charge in [-0.05, 0) is 31.7 Å². The number of nitrogens with zero attached hydrogens (tertiary/aromatic N) is 2. The molecule has 0 saturated heterocycles. The first kappa shape index (κ1) is 13.2. The number of amidine groups is 1. The zero-order chi connectivity index (χ0) is 14.3. The van der Waals surface area contributed by atoms with Gasteiger partial charge in [-0.15, -0.1) is 0 Å². The summed E-state index contributed by atoms with van der Waals surface area (Å²) in [4.78, 5) is 18.8. The number of hydrogen-bond acceptors (Lipinski definition) is 4. The number of benzene rings is 1. The molecular formula is C16H16N2OS. The molecule has 1 aromatic carbocycles. The molecule has 3 nitrogen and oxygen atoms in total. The smallest absolute Gasteiger partial charge is 0.173 e. The molecule has 4 heteroatoms. The molecule has 0 aromatic heterocycles. The maximum absolute atomic E-state index is 12.1. The number of allylic oxidation sites excluding steroid dienone is 2. The van der Waals surface area contributed by atoms with Crippen LogP contribution in [0.1, 0.15) is 32.4 Å². The molecule has 0 saturated carbocycles. The summed E-state index contributed by atoms with van der Waals surface area (Å²) in [7, 11) is 0. The van der Waals surface area contributed by atoms with Gasteiger partial charge in [-0.25, -0.2) is 4.99 Å². The van der Waals surface area contributed by atoms with Gasteiger partial charge < -0.3 is 4.90 Å². The maximum atomic E-state index is 12.1. The molecule has 0 radical (unpaired) electrons. The van der Waals surface area contributed by atoms with Crippen molar-refractivity contribution in [3.05, 3.63) is 58.3 Å². The van der Waals surface area contributed by atoms with Crippen molar-refractivity contribution in [1.82, 2.24) is 4.90 Å². The van der Waals surface area contributed by atoms with Crippen LogP contribution in [0.2, 0.25) is 0 Å². The molecule has 0 spiro atoms. The van der Waals surface area contributed by atoms with Gasteiger partial charge in [-0.3, -0.25) is 4.79 Å². The summed E-state index contributed by atoms with van der Waals surface area (Å²) in [5.74, 6) is 0.0869. The minimum absolute atomic E-state index is 0.0625. The lowest BCUT2D eigenvalue weighted by Crippen LogP contribution is -2.35. The highest BCUT2D eigenvalue weighted by Gasteiger charge is 2.37. The standard InChI is InChI=1S/C16H16N2OS/c1-10-9-20-16-17-11(2)14(12(3)19)15(18(10)16)13-7-5-4-6-8-13/h4-9,15H,1-3H3. The molecule has 0 amide bonds. The van der Waals surface area contributed by atoms with E-state index in [0.717, 1.165) is 27.7 Å². The molecular weight excluding hydrogens is 268 g/mol. The van der Waals surface area contributed by atoms with Crippen LogP contribution in [0.15, 0.2) is 57.7 Å². The third-order valence-corrected chi connectivity index (χ3v) is 4.56. The van der Waals surface area contributed by atoms with Crippen LogP contribution < -0.4 is 0 Å². The summed E-state index contributed by atoms with van der Waals surface area (Å²) in [6.07, 6.45) is 0. The van der Waals surface area contributed by atoms with E-state index < -0.39 is 0 Å². The Bertz CT molecular complexity index is 658. The highest BCUT2D eigenvalue weighted by Crippen LogP contribution is 2.43. The minimum atomic E-state index is -0.0625. The van der Waals surface area contributed by atoms with Gasteiger partial charge in [0.2, 0.25) is 0 Å². The van der Waals surface area contributed by atoms with Gasteiger partial charge in [-0.1, -0.05) is 42.1 Å². The molecule has 0 fully saturated rings.